The number of hydrogen-bond acceptors (Lipinski definition) is 3. The molecule has 2 aromatic carbocycles. The number of aromatic nitrogens is 1. The lowest BCUT2D eigenvalue weighted by Gasteiger charge is -2.10. The summed E-state index contributed by atoms with van der Waals surface area (Å²) in [5.41, 5.74) is 4.82. The summed E-state index contributed by atoms with van der Waals surface area (Å²) in [6, 6.07) is 19.0. The third-order valence-corrected chi connectivity index (χ3v) is 4.58. The summed E-state index contributed by atoms with van der Waals surface area (Å²) in [7, 11) is 0. The van der Waals surface area contributed by atoms with Gasteiger partial charge in [0.15, 0.2) is 0 Å². The Kier molecular flexibility index (Phi) is 7.63. The Morgan fingerprint density at radius 1 is 1.00 bits per heavy atom. The van der Waals surface area contributed by atoms with Gasteiger partial charge < -0.3 is 9.30 Å². The SMILES string of the molecule is CCCCCCOc1ccccc1/C=N\NC(=O)c1ccccc1-n1cccc1. The fraction of sp³-hybridized carbons (Fsp3) is 0.250. The predicted octanol–water partition coefficient (Wildman–Crippen LogP) is 5.20. The van der Waals surface area contributed by atoms with Crippen LogP contribution in [0.3, 0.4) is 0 Å². The first-order chi connectivity index (χ1) is 14.3. The van der Waals surface area contributed by atoms with E-state index in [4.69, 9.17) is 4.74 Å². The molecule has 1 aromatic heterocycles. The molecule has 0 spiro atoms. The van der Waals surface area contributed by atoms with Crippen LogP contribution in [0, 0.1) is 0 Å². The van der Waals surface area contributed by atoms with E-state index >= 15 is 0 Å². The maximum Gasteiger partial charge on any atom is 0.273 e. The molecule has 5 nitrogen and oxygen atoms in total. The van der Waals surface area contributed by atoms with Crippen LogP contribution in [0.5, 0.6) is 5.75 Å². The van der Waals surface area contributed by atoms with Crippen LogP contribution in [-0.2, 0) is 0 Å². The van der Waals surface area contributed by atoms with Crippen molar-refractivity contribution in [3.05, 3.63) is 84.2 Å². The second kappa shape index (κ2) is 10.9. The van der Waals surface area contributed by atoms with Crippen molar-refractivity contribution in [3.8, 4) is 11.4 Å². The summed E-state index contributed by atoms with van der Waals surface area (Å²) < 4.78 is 7.79. The van der Waals surface area contributed by atoms with E-state index in [1.165, 1.54) is 19.3 Å². The Morgan fingerprint density at radius 2 is 1.76 bits per heavy atom. The van der Waals surface area contributed by atoms with Crippen molar-refractivity contribution in [1.29, 1.82) is 0 Å². The highest BCUT2D eigenvalue weighted by atomic mass is 16.5. The summed E-state index contributed by atoms with van der Waals surface area (Å²) >= 11 is 0. The number of unbranched alkanes of at least 4 members (excludes halogenated alkanes) is 3. The Balaban J connectivity index is 1.63. The van der Waals surface area contributed by atoms with Gasteiger partial charge in [-0.25, -0.2) is 5.43 Å². The number of benzene rings is 2. The van der Waals surface area contributed by atoms with Crippen LogP contribution in [0.4, 0.5) is 0 Å². The molecule has 0 aliphatic rings. The van der Waals surface area contributed by atoms with E-state index in [0.29, 0.717) is 12.2 Å². The van der Waals surface area contributed by atoms with Crippen LogP contribution in [0.2, 0.25) is 0 Å². The largest absolute Gasteiger partial charge is 0.493 e. The van der Waals surface area contributed by atoms with E-state index in [0.717, 1.165) is 23.4 Å². The average molecular weight is 389 g/mol. The number of nitrogens with zero attached hydrogens (tertiary/aromatic N) is 2. The Morgan fingerprint density at radius 3 is 2.59 bits per heavy atom. The Hall–Kier alpha value is -3.34. The molecule has 0 unspecified atom stereocenters. The van der Waals surface area contributed by atoms with Gasteiger partial charge in [-0.2, -0.15) is 5.10 Å². The molecule has 0 saturated heterocycles. The van der Waals surface area contributed by atoms with Gasteiger partial charge in [-0.05, 0) is 42.8 Å². The Bertz CT molecular complexity index is 933. The number of nitrogens with one attached hydrogen (secondary N) is 1. The number of para-hydroxylation sites is 2. The van der Waals surface area contributed by atoms with E-state index in [2.05, 4.69) is 17.5 Å². The minimum Gasteiger partial charge on any atom is -0.493 e. The number of amides is 1. The molecule has 0 radical (unpaired) electrons. The molecule has 0 atom stereocenters. The number of carbonyl (C=O) groups excluding carboxylic acids is 1. The number of rotatable bonds is 10. The third-order valence-electron chi connectivity index (χ3n) is 4.58. The number of hydrogen-bond donors (Lipinski definition) is 1. The highest BCUT2D eigenvalue weighted by molar-refractivity contribution is 5.98. The highest BCUT2D eigenvalue weighted by Gasteiger charge is 2.11. The highest BCUT2D eigenvalue weighted by Crippen LogP contribution is 2.17. The molecule has 5 heteroatoms. The molecule has 0 aliphatic heterocycles. The van der Waals surface area contributed by atoms with E-state index in [-0.39, 0.29) is 5.91 Å². The zero-order valence-electron chi connectivity index (χ0n) is 16.8. The average Bonchev–Trinajstić information content (AvgIpc) is 3.29. The van der Waals surface area contributed by atoms with Gasteiger partial charge in [-0.15, -0.1) is 0 Å². The van der Waals surface area contributed by atoms with E-state index in [1.807, 2.05) is 71.6 Å². The molecule has 3 rings (SSSR count). The molecule has 1 heterocycles. The molecule has 0 aliphatic carbocycles. The molecule has 29 heavy (non-hydrogen) atoms. The van der Waals surface area contributed by atoms with Crippen molar-refractivity contribution in [3.63, 3.8) is 0 Å². The van der Waals surface area contributed by atoms with Gasteiger partial charge in [0.1, 0.15) is 5.75 Å². The topological polar surface area (TPSA) is 55.6 Å². The van der Waals surface area contributed by atoms with Crippen LogP contribution in [0.25, 0.3) is 5.69 Å². The fourth-order valence-electron chi connectivity index (χ4n) is 3.04. The molecule has 0 saturated carbocycles. The van der Waals surface area contributed by atoms with Gasteiger partial charge in [0, 0.05) is 18.0 Å². The molecule has 3 aromatic rings. The van der Waals surface area contributed by atoms with Gasteiger partial charge in [0.2, 0.25) is 0 Å². The maximum atomic E-state index is 12.6. The summed E-state index contributed by atoms with van der Waals surface area (Å²) in [6.45, 7) is 2.87. The second-order valence-corrected chi connectivity index (χ2v) is 6.75. The summed E-state index contributed by atoms with van der Waals surface area (Å²) in [5.74, 6) is 0.512. The van der Waals surface area contributed by atoms with Crippen LogP contribution in [0.1, 0.15) is 48.5 Å². The zero-order chi connectivity index (χ0) is 20.3. The lowest BCUT2D eigenvalue weighted by molar-refractivity contribution is 0.0955. The minimum absolute atomic E-state index is 0.261. The number of ether oxygens (including phenoxy) is 1. The van der Waals surface area contributed by atoms with Crippen molar-refractivity contribution >= 4 is 12.1 Å². The first-order valence-electron chi connectivity index (χ1n) is 10.1. The normalized spacial score (nSPS) is 10.9. The third kappa shape index (κ3) is 5.82. The van der Waals surface area contributed by atoms with E-state index in [1.54, 1.807) is 12.3 Å². The minimum atomic E-state index is -0.261. The second-order valence-electron chi connectivity index (χ2n) is 6.75. The summed E-state index contributed by atoms with van der Waals surface area (Å²) in [5, 5.41) is 4.14. The van der Waals surface area contributed by atoms with Gasteiger partial charge in [0.05, 0.1) is 24.1 Å². The predicted molar refractivity (Wildman–Crippen MR) is 117 cm³/mol. The van der Waals surface area contributed by atoms with Crippen molar-refractivity contribution in [2.45, 2.75) is 32.6 Å². The molecule has 0 fully saturated rings. The lowest BCUT2D eigenvalue weighted by atomic mass is 10.1. The van der Waals surface area contributed by atoms with E-state index < -0.39 is 0 Å². The van der Waals surface area contributed by atoms with Crippen LogP contribution in [-0.4, -0.2) is 23.3 Å². The number of hydrazone groups is 1. The van der Waals surface area contributed by atoms with E-state index in [9.17, 15) is 4.79 Å². The molecule has 0 bridgehead atoms. The standard InChI is InChI=1S/C24H27N3O2/c1-2-3-4-11-18-29-23-15-8-5-12-20(23)19-25-26-24(28)21-13-6-7-14-22(21)27-16-9-10-17-27/h5-10,12-17,19H,2-4,11,18H2,1H3,(H,26,28)/b25-19-. The molecular weight excluding hydrogens is 362 g/mol. The van der Waals surface area contributed by atoms with Gasteiger partial charge >= 0.3 is 0 Å². The zero-order valence-corrected chi connectivity index (χ0v) is 16.8. The molecule has 1 N–H and O–H groups in total. The van der Waals surface area contributed by atoms with Crippen molar-refractivity contribution < 1.29 is 9.53 Å². The number of carbonyl (C=O) groups is 1. The van der Waals surface area contributed by atoms with Crippen molar-refractivity contribution in [2.24, 2.45) is 5.10 Å². The first-order valence-corrected chi connectivity index (χ1v) is 10.1. The van der Waals surface area contributed by atoms with Crippen molar-refractivity contribution in [1.82, 2.24) is 9.99 Å². The first kappa shape index (κ1) is 20.4. The lowest BCUT2D eigenvalue weighted by Crippen LogP contribution is -2.19. The fourth-order valence-corrected chi connectivity index (χ4v) is 3.04. The monoisotopic (exact) mass is 389 g/mol. The van der Waals surface area contributed by atoms with Gasteiger partial charge in [0.25, 0.3) is 5.91 Å². The maximum absolute atomic E-state index is 12.6. The van der Waals surface area contributed by atoms with Gasteiger partial charge in [-0.1, -0.05) is 50.5 Å². The van der Waals surface area contributed by atoms with Crippen LogP contribution >= 0.6 is 0 Å². The molecule has 1 amide bonds. The molecule has 150 valence electrons. The van der Waals surface area contributed by atoms with Gasteiger partial charge in [-0.3, -0.25) is 4.79 Å². The molecular formula is C24H27N3O2. The van der Waals surface area contributed by atoms with Crippen molar-refractivity contribution in [2.75, 3.05) is 6.61 Å². The quantitative estimate of drug-likeness (QED) is 0.294. The summed E-state index contributed by atoms with van der Waals surface area (Å²) in [4.78, 5) is 12.6. The Labute approximate surface area is 172 Å². The smallest absolute Gasteiger partial charge is 0.273 e. The van der Waals surface area contributed by atoms with Crippen LogP contribution in [0.15, 0.2) is 78.2 Å². The van der Waals surface area contributed by atoms with Crippen LogP contribution < -0.4 is 10.2 Å². The summed E-state index contributed by atoms with van der Waals surface area (Å²) in [6.07, 6.45) is 10.1.